The number of carbonyl (C=O) groups is 2. The van der Waals surface area contributed by atoms with Crippen molar-refractivity contribution in [3.63, 3.8) is 0 Å². The number of halogens is 1. The van der Waals surface area contributed by atoms with Crippen LogP contribution in [0.15, 0.2) is 61.1 Å². The molecule has 2 amide bonds. The fourth-order valence-electron chi connectivity index (χ4n) is 6.05. The first-order chi connectivity index (χ1) is 20.3. The van der Waals surface area contributed by atoms with E-state index in [0.29, 0.717) is 34.8 Å². The van der Waals surface area contributed by atoms with Crippen molar-refractivity contribution >= 4 is 29.1 Å². The number of anilines is 1. The number of nitrogens with zero attached hydrogens (tertiary/aromatic N) is 2. The molecule has 1 aliphatic carbocycles. The fourth-order valence-corrected chi connectivity index (χ4v) is 6.29. The molecule has 2 fully saturated rings. The largest absolute Gasteiger partial charge is 0.354 e. The summed E-state index contributed by atoms with van der Waals surface area (Å²) in [4.78, 5) is 29.0. The summed E-state index contributed by atoms with van der Waals surface area (Å²) in [7, 11) is 1.56. The first-order valence-electron chi connectivity index (χ1n) is 15.0. The van der Waals surface area contributed by atoms with Crippen molar-refractivity contribution in [3.05, 3.63) is 77.9 Å². The molecule has 4 unspecified atom stereocenters. The molecule has 220 valence electrons. The Balaban J connectivity index is 1.23. The van der Waals surface area contributed by atoms with Crippen molar-refractivity contribution in [1.82, 2.24) is 20.2 Å². The van der Waals surface area contributed by atoms with Crippen molar-refractivity contribution < 1.29 is 9.59 Å². The van der Waals surface area contributed by atoms with Crippen LogP contribution in [0.3, 0.4) is 0 Å². The Kier molecular flexibility index (Phi) is 9.66. The molecule has 3 N–H and O–H groups in total. The zero-order valence-electron chi connectivity index (χ0n) is 24.5. The van der Waals surface area contributed by atoms with Crippen LogP contribution in [-0.2, 0) is 0 Å². The highest BCUT2D eigenvalue weighted by molar-refractivity contribution is 6.23. The van der Waals surface area contributed by atoms with Gasteiger partial charge in [0.1, 0.15) is 12.0 Å². The molecule has 0 radical (unpaired) electrons. The van der Waals surface area contributed by atoms with Gasteiger partial charge >= 0.3 is 0 Å². The fraction of sp³-hybridized carbons (Fsp3) is 0.441. The van der Waals surface area contributed by atoms with Gasteiger partial charge in [-0.2, -0.15) is 0 Å². The second-order valence-electron chi connectivity index (χ2n) is 11.9. The van der Waals surface area contributed by atoms with E-state index in [4.69, 9.17) is 11.6 Å². The number of carbonyl (C=O) groups excluding carboxylic acids is 2. The predicted octanol–water partition coefficient (Wildman–Crippen LogP) is 6.17. The third kappa shape index (κ3) is 8.02. The van der Waals surface area contributed by atoms with Crippen molar-refractivity contribution in [2.75, 3.05) is 18.9 Å². The second kappa shape index (κ2) is 13.6. The van der Waals surface area contributed by atoms with Gasteiger partial charge < -0.3 is 20.5 Å². The molecule has 1 aliphatic heterocycles. The minimum atomic E-state index is -0.264. The van der Waals surface area contributed by atoms with Crippen LogP contribution >= 0.6 is 11.6 Å². The number of imidazole rings is 1. The van der Waals surface area contributed by atoms with Crippen LogP contribution in [-0.4, -0.2) is 45.9 Å². The van der Waals surface area contributed by atoms with E-state index in [9.17, 15) is 9.59 Å². The summed E-state index contributed by atoms with van der Waals surface area (Å²) in [5.74, 6) is 7.44. The van der Waals surface area contributed by atoms with Crippen molar-refractivity contribution in [2.45, 2.75) is 69.2 Å². The molecule has 2 bridgehead atoms. The minimum absolute atomic E-state index is 0.0821. The number of benzene rings is 2. The zero-order chi connectivity index (χ0) is 29.5. The number of hydrogen-bond donors (Lipinski definition) is 3. The third-order valence-corrected chi connectivity index (χ3v) is 8.83. The molecule has 42 heavy (non-hydrogen) atoms. The van der Waals surface area contributed by atoms with Crippen LogP contribution in [0.5, 0.6) is 0 Å². The molecule has 1 saturated carbocycles. The van der Waals surface area contributed by atoms with Gasteiger partial charge in [-0.3, -0.25) is 9.59 Å². The van der Waals surface area contributed by atoms with E-state index in [0.717, 1.165) is 43.5 Å². The molecule has 2 aromatic carbocycles. The number of aromatic nitrogens is 2. The molecule has 3 aromatic rings. The Morgan fingerprint density at radius 2 is 1.93 bits per heavy atom. The Hall–Kier alpha value is -3.60. The zero-order valence-corrected chi connectivity index (χ0v) is 25.2. The third-order valence-electron chi connectivity index (χ3n) is 8.45. The van der Waals surface area contributed by atoms with Gasteiger partial charge in [0.15, 0.2) is 0 Å². The molecular formula is C34H40ClN5O2. The lowest BCUT2D eigenvalue weighted by molar-refractivity contribution is 0.0957. The van der Waals surface area contributed by atoms with Gasteiger partial charge in [0, 0.05) is 59.1 Å². The molecule has 2 heterocycles. The second-order valence-corrected chi connectivity index (χ2v) is 12.8. The van der Waals surface area contributed by atoms with Crippen LogP contribution in [0.1, 0.15) is 84.7 Å². The SMILES string of the molecule is CNC(=O)c1cn(-c2cccc(C(=O)Nc3cccc(C#CC4CNC5CCC(C)(Cl)CCCCC(C4)C5)c3)c2)cn1. The van der Waals surface area contributed by atoms with E-state index < -0.39 is 0 Å². The summed E-state index contributed by atoms with van der Waals surface area (Å²) in [6.45, 7) is 3.10. The predicted molar refractivity (Wildman–Crippen MR) is 168 cm³/mol. The Morgan fingerprint density at radius 3 is 2.79 bits per heavy atom. The van der Waals surface area contributed by atoms with E-state index >= 15 is 0 Å². The van der Waals surface area contributed by atoms with E-state index in [-0.39, 0.29) is 16.7 Å². The summed E-state index contributed by atoms with van der Waals surface area (Å²) >= 11 is 6.77. The first-order valence-corrected chi connectivity index (χ1v) is 15.4. The molecule has 0 spiro atoms. The van der Waals surface area contributed by atoms with Gasteiger partial charge in [0.2, 0.25) is 0 Å². The maximum Gasteiger partial charge on any atom is 0.271 e. The van der Waals surface area contributed by atoms with E-state index in [2.05, 4.69) is 39.7 Å². The van der Waals surface area contributed by atoms with E-state index in [1.54, 1.807) is 36.3 Å². The van der Waals surface area contributed by atoms with Crippen LogP contribution in [0.2, 0.25) is 0 Å². The average Bonchev–Trinajstić information content (AvgIpc) is 3.41. The number of rotatable bonds is 4. The smallest absolute Gasteiger partial charge is 0.271 e. The quantitative estimate of drug-likeness (QED) is 0.252. The molecule has 1 aromatic heterocycles. The highest BCUT2D eigenvalue weighted by Gasteiger charge is 2.29. The number of fused-ring (bicyclic) bond motifs is 2. The molecular weight excluding hydrogens is 546 g/mol. The van der Waals surface area contributed by atoms with Crippen molar-refractivity contribution in [3.8, 4) is 17.5 Å². The molecule has 1 saturated heterocycles. The molecule has 2 aliphatic rings. The maximum absolute atomic E-state index is 13.1. The Morgan fingerprint density at radius 1 is 1.07 bits per heavy atom. The average molecular weight is 586 g/mol. The first kappa shape index (κ1) is 29.9. The Labute approximate surface area is 253 Å². The number of amides is 2. The van der Waals surface area contributed by atoms with Gasteiger partial charge in [-0.1, -0.05) is 43.2 Å². The highest BCUT2D eigenvalue weighted by atomic mass is 35.5. The summed E-state index contributed by atoms with van der Waals surface area (Å²) in [5.41, 5.74) is 3.13. The molecule has 4 atom stereocenters. The van der Waals surface area contributed by atoms with Crippen LogP contribution < -0.4 is 16.0 Å². The van der Waals surface area contributed by atoms with E-state index in [1.165, 1.54) is 25.7 Å². The normalized spacial score (nSPS) is 24.4. The number of nitrogens with one attached hydrogen (secondary N) is 3. The van der Waals surface area contributed by atoms with E-state index in [1.807, 2.05) is 36.4 Å². The van der Waals surface area contributed by atoms with Gasteiger partial charge in [0.25, 0.3) is 11.8 Å². The standard InChI is InChI=1S/C34H40ClN5O2/c1-34(35)15-4-3-7-25-17-26(21-37-28(19-25)14-16-34)13-12-24-8-5-10-29(18-24)39-32(41)27-9-6-11-30(20-27)40-22-31(38-23-40)33(42)36-2/h5-6,8-11,18,20,22-23,25-26,28,37H,3-4,7,14-17,19,21H2,1-2H3,(H,36,42)(H,39,41). The lowest BCUT2D eigenvalue weighted by Gasteiger charge is -2.28. The number of alkyl halides is 1. The summed E-state index contributed by atoms with van der Waals surface area (Å²) in [6.07, 6.45) is 12.5. The monoisotopic (exact) mass is 585 g/mol. The summed E-state index contributed by atoms with van der Waals surface area (Å²) in [5, 5.41) is 9.35. The van der Waals surface area contributed by atoms with Crippen LogP contribution in [0, 0.1) is 23.7 Å². The molecule has 8 heteroatoms. The van der Waals surface area contributed by atoms with Gasteiger partial charge in [-0.25, -0.2) is 4.98 Å². The minimum Gasteiger partial charge on any atom is -0.354 e. The van der Waals surface area contributed by atoms with Crippen molar-refractivity contribution in [1.29, 1.82) is 0 Å². The van der Waals surface area contributed by atoms with Crippen LogP contribution in [0.25, 0.3) is 5.69 Å². The van der Waals surface area contributed by atoms with Crippen LogP contribution in [0.4, 0.5) is 5.69 Å². The highest BCUT2D eigenvalue weighted by Crippen LogP contribution is 2.34. The number of hydrogen-bond acceptors (Lipinski definition) is 4. The Bertz CT molecular complexity index is 1470. The van der Waals surface area contributed by atoms with Gasteiger partial charge in [-0.15, -0.1) is 11.6 Å². The van der Waals surface area contributed by atoms with Crippen molar-refractivity contribution in [2.24, 2.45) is 11.8 Å². The lowest BCUT2D eigenvalue weighted by Crippen LogP contribution is -2.33. The maximum atomic E-state index is 13.1. The topological polar surface area (TPSA) is 88.0 Å². The summed E-state index contributed by atoms with van der Waals surface area (Å²) < 4.78 is 1.72. The molecule has 7 nitrogen and oxygen atoms in total. The van der Waals surface area contributed by atoms with Gasteiger partial charge in [0.05, 0.1) is 0 Å². The van der Waals surface area contributed by atoms with Gasteiger partial charge in [-0.05, 0) is 81.3 Å². The summed E-state index contributed by atoms with van der Waals surface area (Å²) in [6, 6.07) is 15.4. The molecule has 5 rings (SSSR count). The lowest BCUT2D eigenvalue weighted by atomic mass is 9.83.